The SMILES string of the molecule is CC(C)C(=O)[C@H](CCCNC(N)=O)NC(=O)C(NC(=O)CCCCNC(=O)CI)C(C)C. The van der Waals surface area contributed by atoms with Crippen molar-refractivity contribution < 1.29 is 24.0 Å². The van der Waals surface area contributed by atoms with Crippen LogP contribution in [0.3, 0.4) is 0 Å². The van der Waals surface area contributed by atoms with Gasteiger partial charge in [-0.05, 0) is 31.6 Å². The van der Waals surface area contributed by atoms with E-state index < -0.39 is 24.0 Å². The molecule has 0 saturated carbocycles. The number of Topliss-reactive ketones (excluding diaryl/α,β-unsaturated/α-hetero) is 1. The van der Waals surface area contributed by atoms with Crippen LogP contribution in [0.5, 0.6) is 0 Å². The maximum Gasteiger partial charge on any atom is 0.312 e. The third-order valence-electron chi connectivity index (χ3n) is 4.74. The van der Waals surface area contributed by atoms with Gasteiger partial charge in [-0.25, -0.2) is 4.79 Å². The molecule has 0 aliphatic rings. The molecule has 0 aliphatic carbocycles. The lowest BCUT2D eigenvalue weighted by atomic mass is 9.96. The Balaban J connectivity index is 4.78. The predicted octanol–water partition coefficient (Wildman–Crippen LogP) is 1.01. The van der Waals surface area contributed by atoms with E-state index in [9.17, 15) is 24.0 Å². The van der Waals surface area contributed by atoms with Gasteiger partial charge in [-0.2, -0.15) is 0 Å². The van der Waals surface area contributed by atoms with E-state index in [2.05, 4.69) is 21.3 Å². The lowest BCUT2D eigenvalue weighted by Gasteiger charge is -2.26. The van der Waals surface area contributed by atoms with E-state index in [1.54, 1.807) is 13.8 Å². The summed E-state index contributed by atoms with van der Waals surface area (Å²) < 4.78 is 0.394. The number of amides is 5. The van der Waals surface area contributed by atoms with Gasteiger partial charge in [-0.15, -0.1) is 0 Å². The van der Waals surface area contributed by atoms with E-state index in [4.69, 9.17) is 5.73 Å². The fraction of sp³-hybridized carbons (Fsp3) is 0.762. The standard InChI is InChI=1S/C21H38IN5O5/c1-13(2)18(27-16(28)9-5-6-10-24-17(29)12-22)20(31)26-15(19(30)14(3)4)8-7-11-25-21(23)32/h13-15,18H,5-12H2,1-4H3,(H,24,29)(H,26,31)(H,27,28)(H3,23,25,32)/t15-,18?/m0/s1. The van der Waals surface area contributed by atoms with Crippen molar-refractivity contribution in [3.05, 3.63) is 0 Å². The average Bonchev–Trinajstić information content (AvgIpc) is 2.72. The summed E-state index contributed by atoms with van der Waals surface area (Å²) in [5.74, 6) is -1.26. The Labute approximate surface area is 204 Å². The Morgan fingerprint density at radius 2 is 1.47 bits per heavy atom. The van der Waals surface area contributed by atoms with Crippen molar-refractivity contribution >= 4 is 52.1 Å². The van der Waals surface area contributed by atoms with Gasteiger partial charge in [0.05, 0.1) is 10.5 Å². The molecule has 0 heterocycles. The minimum atomic E-state index is -0.771. The third kappa shape index (κ3) is 13.5. The Morgan fingerprint density at radius 3 is 2.00 bits per heavy atom. The smallest absolute Gasteiger partial charge is 0.312 e. The first kappa shape index (κ1) is 30.1. The van der Waals surface area contributed by atoms with Crippen LogP contribution in [0, 0.1) is 11.8 Å². The second-order valence-corrected chi connectivity index (χ2v) is 9.04. The van der Waals surface area contributed by atoms with E-state index in [0.717, 1.165) is 0 Å². The summed E-state index contributed by atoms with van der Waals surface area (Å²) in [6, 6.07) is -2.12. The highest BCUT2D eigenvalue weighted by atomic mass is 127. The van der Waals surface area contributed by atoms with E-state index >= 15 is 0 Å². The van der Waals surface area contributed by atoms with Crippen molar-refractivity contribution in [2.24, 2.45) is 17.6 Å². The number of unbranched alkanes of at least 4 members (excludes halogenated alkanes) is 1. The molecule has 0 aliphatic heterocycles. The molecule has 0 aromatic heterocycles. The Hall–Kier alpha value is -1.92. The van der Waals surface area contributed by atoms with Gasteiger partial charge in [0.15, 0.2) is 5.78 Å². The number of rotatable bonds is 16. The molecule has 2 atom stereocenters. The minimum Gasteiger partial charge on any atom is -0.355 e. The zero-order chi connectivity index (χ0) is 24.7. The molecule has 0 aromatic rings. The van der Waals surface area contributed by atoms with E-state index in [1.165, 1.54) is 0 Å². The number of carbonyl (C=O) groups is 5. The summed E-state index contributed by atoms with van der Waals surface area (Å²) in [6.45, 7) is 7.96. The van der Waals surface area contributed by atoms with Crippen LogP contribution in [0.25, 0.3) is 0 Å². The second kappa shape index (κ2) is 16.7. The monoisotopic (exact) mass is 567 g/mol. The lowest BCUT2D eigenvalue weighted by molar-refractivity contribution is -0.133. The molecule has 0 rings (SSSR count). The maximum atomic E-state index is 12.9. The largest absolute Gasteiger partial charge is 0.355 e. The van der Waals surface area contributed by atoms with Crippen molar-refractivity contribution in [1.29, 1.82) is 0 Å². The minimum absolute atomic E-state index is 0.0394. The average molecular weight is 567 g/mol. The molecule has 0 spiro atoms. The Kier molecular flexibility index (Phi) is 15.7. The number of urea groups is 1. The zero-order valence-electron chi connectivity index (χ0n) is 19.5. The molecular weight excluding hydrogens is 529 g/mol. The first-order valence-electron chi connectivity index (χ1n) is 11.0. The van der Waals surface area contributed by atoms with Crippen LogP contribution >= 0.6 is 22.6 Å². The van der Waals surface area contributed by atoms with Gasteiger partial charge in [-0.3, -0.25) is 19.2 Å². The van der Waals surface area contributed by atoms with Crippen LogP contribution < -0.4 is 27.0 Å². The molecule has 6 N–H and O–H groups in total. The van der Waals surface area contributed by atoms with Gasteiger partial charge in [0.2, 0.25) is 17.7 Å². The van der Waals surface area contributed by atoms with Gasteiger partial charge in [0, 0.05) is 25.4 Å². The quantitative estimate of drug-likeness (QED) is 0.107. The summed E-state index contributed by atoms with van der Waals surface area (Å²) in [4.78, 5) is 59.7. The zero-order valence-corrected chi connectivity index (χ0v) is 21.6. The van der Waals surface area contributed by atoms with E-state index in [-0.39, 0.29) is 35.9 Å². The highest BCUT2D eigenvalue weighted by Gasteiger charge is 2.29. The number of hydrogen-bond donors (Lipinski definition) is 5. The second-order valence-electron chi connectivity index (χ2n) is 8.28. The van der Waals surface area contributed by atoms with Crippen LogP contribution in [0.15, 0.2) is 0 Å². The molecule has 0 saturated heterocycles. The first-order valence-corrected chi connectivity index (χ1v) is 12.5. The van der Waals surface area contributed by atoms with Crippen LogP contribution in [0.4, 0.5) is 4.79 Å². The number of ketones is 1. The van der Waals surface area contributed by atoms with Crippen molar-refractivity contribution in [3.8, 4) is 0 Å². The normalized spacial score (nSPS) is 12.7. The maximum absolute atomic E-state index is 12.9. The van der Waals surface area contributed by atoms with Crippen molar-refractivity contribution in [1.82, 2.24) is 21.3 Å². The third-order valence-corrected chi connectivity index (χ3v) is 5.43. The summed E-state index contributed by atoms with van der Waals surface area (Å²) in [5.41, 5.74) is 5.04. The van der Waals surface area contributed by atoms with Gasteiger partial charge < -0.3 is 27.0 Å². The van der Waals surface area contributed by atoms with Crippen LogP contribution in [0.1, 0.15) is 59.8 Å². The number of hydrogen-bond acceptors (Lipinski definition) is 5. The number of alkyl halides is 1. The summed E-state index contributed by atoms with van der Waals surface area (Å²) >= 11 is 1.98. The first-order chi connectivity index (χ1) is 15.0. The molecule has 0 radical (unpaired) electrons. The molecule has 11 heteroatoms. The van der Waals surface area contributed by atoms with Crippen LogP contribution in [-0.2, 0) is 19.2 Å². The Morgan fingerprint density at radius 1 is 0.844 bits per heavy atom. The molecule has 184 valence electrons. The number of primary amides is 1. The predicted molar refractivity (Wildman–Crippen MR) is 131 cm³/mol. The molecule has 5 amide bonds. The fourth-order valence-corrected chi connectivity index (χ4v) is 3.20. The molecule has 0 fully saturated rings. The molecule has 32 heavy (non-hydrogen) atoms. The van der Waals surface area contributed by atoms with E-state index in [0.29, 0.717) is 43.2 Å². The number of carbonyl (C=O) groups excluding carboxylic acids is 5. The van der Waals surface area contributed by atoms with E-state index in [1.807, 2.05) is 36.4 Å². The number of halogens is 1. The molecule has 1 unspecified atom stereocenters. The molecular formula is C21H38IN5O5. The van der Waals surface area contributed by atoms with Crippen LogP contribution in [0.2, 0.25) is 0 Å². The van der Waals surface area contributed by atoms with Gasteiger partial charge in [0.25, 0.3) is 0 Å². The molecule has 0 bridgehead atoms. The fourth-order valence-electron chi connectivity index (χ4n) is 2.93. The number of nitrogens with one attached hydrogen (secondary N) is 4. The summed E-state index contributed by atoms with van der Waals surface area (Å²) in [6.07, 6.45) is 2.31. The van der Waals surface area contributed by atoms with Gasteiger partial charge >= 0.3 is 6.03 Å². The van der Waals surface area contributed by atoms with Gasteiger partial charge in [0.1, 0.15) is 6.04 Å². The van der Waals surface area contributed by atoms with Crippen molar-refractivity contribution in [3.63, 3.8) is 0 Å². The summed E-state index contributed by atoms with van der Waals surface area (Å²) in [5, 5.41) is 10.7. The molecule has 0 aromatic carbocycles. The van der Waals surface area contributed by atoms with Crippen molar-refractivity contribution in [2.75, 3.05) is 17.5 Å². The highest BCUT2D eigenvalue weighted by Crippen LogP contribution is 2.09. The number of nitrogens with two attached hydrogens (primary N) is 1. The topological polar surface area (TPSA) is 159 Å². The lowest BCUT2D eigenvalue weighted by Crippen LogP contribution is -2.54. The van der Waals surface area contributed by atoms with Crippen molar-refractivity contribution in [2.45, 2.75) is 71.9 Å². The summed E-state index contributed by atoms with van der Waals surface area (Å²) in [7, 11) is 0. The Bertz CT molecular complexity index is 642. The molecule has 10 nitrogen and oxygen atoms in total. The van der Waals surface area contributed by atoms with Crippen LogP contribution in [-0.4, -0.2) is 59.1 Å². The van der Waals surface area contributed by atoms with Gasteiger partial charge in [-0.1, -0.05) is 50.3 Å². The highest BCUT2D eigenvalue weighted by molar-refractivity contribution is 14.1.